The van der Waals surface area contributed by atoms with E-state index >= 15 is 0 Å². The molecule has 1 unspecified atom stereocenters. The summed E-state index contributed by atoms with van der Waals surface area (Å²) in [6.07, 6.45) is 2.72. The Morgan fingerprint density at radius 1 is 1.06 bits per heavy atom. The van der Waals surface area contributed by atoms with E-state index < -0.39 is 5.60 Å². The van der Waals surface area contributed by atoms with Gasteiger partial charge in [-0.1, -0.05) is 12.8 Å². The van der Waals surface area contributed by atoms with E-state index in [0.29, 0.717) is 6.42 Å². The fourth-order valence-corrected chi connectivity index (χ4v) is 1.99. The van der Waals surface area contributed by atoms with Gasteiger partial charge in [0.15, 0.2) is 0 Å². The molecular weight excluding hydrogens is 210 g/mol. The van der Waals surface area contributed by atoms with Crippen LogP contribution in [0.15, 0.2) is 0 Å². The van der Waals surface area contributed by atoms with Crippen LogP contribution in [0.25, 0.3) is 0 Å². The van der Waals surface area contributed by atoms with Gasteiger partial charge in [0.2, 0.25) is 0 Å². The van der Waals surface area contributed by atoms with Crippen molar-refractivity contribution in [3.05, 3.63) is 0 Å². The van der Waals surface area contributed by atoms with Crippen molar-refractivity contribution in [1.82, 2.24) is 0 Å². The zero-order valence-corrected chi connectivity index (χ0v) is 12.3. The first kappa shape index (κ1) is 16.5. The van der Waals surface area contributed by atoms with Crippen LogP contribution in [0.3, 0.4) is 0 Å². The summed E-state index contributed by atoms with van der Waals surface area (Å²) in [4.78, 5) is 0. The first-order valence-corrected chi connectivity index (χ1v) is 7.02. The third kappa shape index (κ3) is 6.10. The minimum Gasteiger partial charge on any atom is -0.378 e. The van der Waals surface area contributed by atoms with Gasteiger partial charge in [-0.3, -0.25) is 0 Å². The van der Waals surface area contributed by atoms with Crippen molar-refractivity contribution in [2.24, 2.45) is 0 Å². The van der Waals surface area contributed by atoms with Crippen molar-refractivity contribution in [2.75, 3.05) is 26.2 Å². The Bertz CT molecular complexity index is 248. The molecule has 17 heavy (non-hydrogen) atoms. The molecule has 1 N–H and O–H groups in total. The topological polar surface area (TPSA) is 20.2 Å². The van der Waals surface area contributed by atoms with E-state index in [-0.39, 0.29) is 0 Å². The van der Waals surface area contributed by atoms with E-state index in [2.05, 4.69) is 32.6 Å². The van der Waals surface area contributed by atoms with Crippen LogP contribution < -0.4 is 0 Å². The Labute approximate surface area is 108 Å². The zero-order chi connectivity index (χ0) is 13.4. The zero-order valence-electron chi connectivity index (χ0n) is 12.3. The average molecular weight is 240 g/mol. The van der Waals surface area contributed by atoms with E-state index in [1.54, 1.807) is 6.92 Å². The van der Waals surface area contributed by atoms with Gasteiger partial charge in [-0.2, -0.15) is 0 Å². The third-order valence-corrected chi connectivity index (χ3v) is 3.99. The van der Waals surface area contributed by atoms with Gasteiger partial charge >= 0.3 is 0 Å². The molecule has 0 heterocycles. The van der Waals surface area contributed by atoms with Crippen LogP contribution in [0.5, 0.6) is 0 Å². The van der Waals surface area contributed by atoms with Gasteiger partial charge in [-0.05, 0) is 34.1 Å². The predicted octanol–water partition coefficient (Wildman–Crippen LogP) is 2.81. The third-order valence-electron chi connectivity index (χ3n) is 3.99. The SMILES string of the molecule is CCC(C)(O)C#CCCC[N+](CC)(CC)CC. The molecule has 1 atom stereocenters. The van der Waals surface area contributed by atoms with Gasteiger partial charge in [0, 0.05) is 12.8 Å². The Balaban J connectivity index is 4.07. The Morgan fingerprint density at radius 2 is 1.59 bits per heavy atom. The Hall–Kier alpha value is -0.520. The molecule has 0 rings (SSSR count). The Kier molecular flexibility index (Phi) is 7.50. The van der Waals surface area contributed by atoms with E-state index in [9.17, 15) is 5.11 Å². The fourth-order valence-electron chi connectivity index (χ4n) is 1.99. The molecular formula is C15H30NO+. The molecule has 0 radical (unpaired) electrons. The number of unbranched alkanes of at least 4 members (excludes halogenated alkanes) is 1. The highest BCUT2D eigenvalue weighted by Crippen LogP contribution is 2.09. The predicted molar refractivity (Wildman–Crippen MR) is 74.7 cm³/mol. The summed E-state index contributed by atoms with van der Waals surface area (Å²) in [5.74, 6) is 6.06. The lowest BCUT2D eigenvalue weighted by Gasteiger charge is -2.35. The first-order chi connectivity index (χ1) is 7.95. The maximum absolute atomic E-state index is 9.74. The molecule has 2 heteroatoms. The van der Waals surface area contributed by atoms with Gasteiger partial charge in [0.05, 0.1) is 26.2 Å². The van der Waals surface area contributed by atoms with Gasteiger partial charge in [-0.15, -0.1) is 5.92 Å². The minimum absolute atomic E-state index is 0.693. The highest BCUT2D eigenvalue weighted by molar-refractivity contribution is 5.11. The average Bonchev–Trinajstić information content (AvgIpc) is 2.34. The van der Waals surface area contributed by atoms with Gasteiger partial charge < -0.3 is 9.59 Å². The summed E-state index contributed by atoms with van der Waals surface area (Å²) in [5, 5.41) is 9.74. The lowest BCUT2D eigenvalue weighted by atomic mass is 10.0. The summed E-state index contributed by atoms with van der Waals surface area (Å²) < 4.78 is 1.19. The second kappa shape index (κ2) is 7.74. The number of hydrogen-bond donors (Lipinski definition) is 1. The molecule has 2 nitrogen and oxygen atoms in total. The monoisotopic (exact) mass is 240 g/mol. The van der Waals surface area contributed by atoms with Crippen molar-refractivity contribution in [1.29, 1.82) is 0 Å². The first-order valence-electron chi connectivity index (χ1n) is 7.02. The minimum atomic E-state index is -0.799. The van der Waals surface area contributed by atoms with Crippen LogP contribution in [0.4, 0.5) is 0 Å². The molecule has 0 aromatic rings. The van der Waals surface area contributed by atoms with Crippen LogP contribution >= 0.6 is 0 Å². The van der Waals surface area contributed by atoms with Crippen LogP contribution in [-0.4, -0.2) is 41.4 Å². The van der Waals surface area contributed by atoms with Crippen LogP contribution in [0.2, 0.25) is 0 Å². The van der Waals surface area contributed by atoms with E-state index in [1.807, 2.05) is 6.92 Å². The van der Waals surface area contributed by atoms with Crippen molar-refractivity contribution in [3.63, 3.8) is 0 Å². The number of quaternary nitrogens is 1. The molecule has 0 aromatic heterocycles. The maximum Gasteiger partial charge on any atom is 0.122 e. The van der Waals surface area contributed by atoms with E-state index in [0.717, 1.165) is 12.8 Å². The van der Waals surface area contributed by atoms with E-state index in [4.69, 9.17) is 0 Å². The van der Waals surface area contributed by atoms with Gasteiger partial charge in [0.25, 0.3) is 0 Å². The maximum atomic E-state index is 9.74. The smallest absolute Gasteiger partial charge is 0.122 e. The molecule has 0 aliphatic carbocycles. The number of aliphatic hydroxyl groups is 1. The summed E-state index contributed by atoms with van der Waals surface area (Å²) >= 11 is 0. The van der Waals surface area contributed by atoms with Crippen LogP contribution in [-0.2, 0) is 0 Å². The molecule has 0 spiro atoms. The van der Waals surface area contributed by atoms with Crippen molar-refractivity contribution < 1.29 is 9.59 Å². The van der Waals surface area contributed by atoms with Gasteiger partial charge in [0.1, 0.15) is 5.60 Å². The fraction of sp³-hybridized carbons (Fsp3) is 0.867. The molecule has 100 valence electrons. The summed E-state index contributed by atoms with van der Waals surface area (Å²) in [6.45, 7) is 15.3. The molecule has 0 bridgehead atoms. The van der Waals surface area contributed by atoms with E-state index in [1.165, 1.54) is 30.7 Å². The standard InChI is InChI=1S/C15H30NO/c1-6-15(5,17)13-11-10-12-14-16(7-2,8-3)9-4/h17H,6-10,12,14H2,1-5H3/q+1. The van der Waals surface area contributed by atoms with Crippen molar-refractivity contribution >= 4 is 0 Å². The van der Waals surface area contributed by atoms with Crippen molar-refractivity contribution in [3.8, 4) is 11.8 Å². The molecule has 0 fully saturated rings. The summed E-state index contributed by atoms with van der Waals surface area (Å²) in [7, 11) is 0. The largest absolute Gasteiger partial charge is 0.378 e. The highest BCUT2D eigenvalue weighted by Gasteiger charge is 2.19. The molecule has 0 saturated carbocycles. The molecule has 0 amide bonds. The lowest BCUT2D eigenvalue weighted by molar-refractivity contribution is -0.923. The normalized spacial score (nSPS) is 14.9. The van der Waals surface area contributed by atoms with Crippen molar-refractivity contribution in [2.45, 2.75) is 59.5 Å². The number of hydrogen-bond acceptors (Lipinski definition) is 1. The Morgan fingerprint density at radius 3 is 2.00 bits per heavy atom. The molecule has 0 aliphatic heterocycles. The molecule has 0 aliphatic rings. The quantitative estimate of drug-likeness (QED) is 0.412. The van der Waals surface area contributed by atoms with Crippen LogP contribution in [0.1, 0.15) is 53.9 Å². The summed E-state index contributed by atoms with van der Waals surface area (Å²) in [5.41, 5.74) is -0.799. The molecule has 0 aromatic carbocycles. The highest BCUT2D eigenvalue weighted by atomic mass is 16.3. The number of rotatable bonds is 7. The second-order valence-electron chi connectivity index (χ2n) is 5.05. The van der Waals surface area contributed by atoms with Gasteiger partial charge in [-0.25, -0.2) is 0 Å². The summed E-state index contributed by atoms with van der Waals surface area (Å²) in [6, 6.07) is 0. The lowest BCUT2D eigenvalue weighted by Crippen LogP contribution is -2.48. The molecule has 0 saturated heterocycles. The van der Waals surface area contributed by atoms with Crippen LogP contribution in [0, 0.1) is 11.8 Å². The number of nitrogens with zero attached hydrogens (tertiary/aromatic N) is 1. The second-order valence-corrected chi connectivity index (χ2v) is 5.05.